The summed E-state index contributed by atoms with van der Waals surface area (Å²) in [6, 6.07) is 4.30. The Kier molecular flexibility index (Phi) is 3.58. The lowest BCUT2D eigenvalue weighted by molar-refractivity contribution is -0.129. The molecular formula is C12H15FN2O2. The van der Waals surface area contributed by atoms with Gasteiger partial charge in [0.05, 0.1) is 5.69 Å². The second-order valence-corrected chi connectivity index (χ2v) is 4.05. The first kappa shape index (κ1) is 11.9. The molecular weight excluding hydrogens is 223 g/mol. The van der Waals surface area contributed by atoms with Crippen LogP contribution in [0.15, 0.2) is 18.2 Å². The van der Waals surface area contributed by atoms with E-state index >= 15 is 0 Å². The molecule has 1 aliphatic rings. The number of para-hydroxylation sites is 1. The van der Waals surface area contributed by atoms with E-state index in [1.807, 2.05) is 0 Å². The molecule has 3 N–H and O–H groups in total. The van der Waals surface area contributed by atoms with E-state index in [9.17, 15) is 9.18 Å². The molecule has 0 radical (unpaired) electrons. The van der Waals surface area contributed by atoms with Gasteiger partial charge in [0, 0.05) is 6.61 Å². The molecule has 1 aromatic rings. The van der Waals surface area contributed by atoms with Crippen LogP contribution in [-0.4, -0.2) is 18.6 Å². The fourth-order valence-corrected chi connectivity index (χ4v) is 1.82. The van der Waals surface area contributed by atoms with Crippen molar-refractivity contribution < 1.29 is 13.9 Å². The fraction of sp³-hybridized carbons (Fsp3) is 0.417. The fourth-order valence-electron chi connectivity index (χ4n) is 1.82. The summed E-state index contributed by atoms with van der Waals surface area (Å²) >= 11 is 0. The van der Waals surface area contributed by atoms with Gasteiger partial charge in [0.25, 0.3) is 5.91 Å². The predicted molar refractivity (Wildman–Crippen MR) is 63.0 cm³/mol. The van der Waals surface area contributed by atoms with Gasteiger partial charge in [-0.05, 0) is 31.4 Å². The molecule has 92 valence electrons. The number of nitrogens with one attached hydrogen (secondary N) is 1. The largest absolute Gasteiger partial charge is 0.397 e. The summed E-state index contributed by atoms with van der Waals surface area (Å²) in [6.07, 6.45) is 2.08. The molecule has 1 atom stereocenters. The van der Waals surface area contributed by atoms with Crippen molar-refractivity contribution in [3.05, 3.63) is 24.0 Å². The second kappa shape index (κ2) is 5.14. The number of halogens is 1. The number of anilines is 2. The van der Waals surface area contributed by atoms with Gasteiger partial charge in [0.2, 0.25) is 0 Å². The van der Waals surface area contributed by atoms with E-state index in [0.717, 1.165) is 12.8 Å². The van der Waals surface area contributed by atoms with Crippen molar-refractivity contribution >= 4 is 17.3 Å². The number of hydrogen-bond acceptors (Lipinski definition) is 3. The predicted octanol–water partition coefficient (Wildman–Crippen LogP) is 1.92. The molecule has 1 unspecified atom stereocenters. The monoisotopic (exact) mass is 238 g/mol. The Labute approximate surface area is 98.9 Å². The van der Waals surface area contributed by atoms with Gasteiger partial charge in [-0.2, -0.15) is 0 Å². The van der Waals surface area contributed by atoms with Gasteiger partial charge < -0.3 is 15.8 Å². The van der Waals surface area contributed by atoms with E-state index < -0.39 is 11.9 Å². The van der Waals surface area contributed by atoms with E-state index in [4.69, 9.17) is 10.5 Å². The van der Waals surface area contributed by atoms with Crippen LogP contribution >= 0.6 is 0 Å². The molecule has 1 fully saturated rings. The molecule has 1 amide bonds. The number of hydrogen-bond donors (Lipinski definition) is 2. The van der Waals surface area contributed by atoms with Crippen LogP contribution in [0.5, 0.6) is 0 Å². The maximum Gasteiger partial charge on any atom is 0.253 e. The van der Waals surface area contributed by atoms with E-state index in [2.05, 4.69) is 5.32 Å². The minimum Gasteiger partial charge on any atom is -0.397 e. The van der Waals surface area contributed by atoms with Crippen LogP contribution < -0.4 is 11.1 Å². The third kappa shape index (κ3) is 2.74. The first-order chi connectivity index (χ1) is 8.18. The first-order valence-corrected chi connectivity index (χ1v) is 5.65. The molecule has 1 aliphatic heterocycles. The second-order valence-electron chi connectivity index (χ2n) is 4.05. The number of nitrogens with two attached hydrogens (primary N) is 1. The highest BCUT2D eigenvalue weighted by atomic mass is 19.1. The molecule has 0 bridgehead atoms. The van der Waals surface area contributed by atoms with Crippen molar-refractivity contribution in [3.8, 4) is 0 Å². The SMILES string of the molecule is Nc1cccc(F)c1NC(=O)C1CCCCO1. The Hall–Kier alpha value is -1.62. The molecule has 1 saturated heterocycles. The summed E-state index contributed by atoms with van der Waals surface area (Å²) in [4.78, 5) is 11.8. The Morgan fingerprint density at radius 2 is 2.29 bits per heavy atom. The highest BCUT2D eigenvalue weighted by molar-refractivity contribution is 5.96. The Bertz CT molecular complexity index is 397. The summed E-state index contributed by atoms with van der Waals surface area (Å²) in [6.45, 7) is 0.574. The van der Waals surface area contributed by atoms with E-state index in [0.29, 0.717) is 13.0 Å². The number of ether oxygens (including phenoxy) is 1. The van der Waals surface area contributed by atoms with Crippen molar-refractivity contribution in [1.29, 1.82) is 0 Å². The number of benzene rings is 1. The maximum atomic E-state index is 13.4. The van der Waals surface area contributed by atoms with Crippen molar-refractivity contribution in [3.63, 3.8) is 0 Å². The zero-order chi connectivity index (χ0) is 12.3. The lowest BCUT2D eigenvalue weighted by Gasteiger charge is -2.22. The number of amides is 1. The maximum absolute atomic E-state index is 13.4. The van der Waals surface area contributed by atoms with Crippen LogP contribution in [0.25, 0.3) is 0 Å². The molecule has 0 aromatic heterocycles. The van der Waals surface area contributed by atoms with Gasteiger partial charge in [0.15, 0.2) is 0 Å². The molecule has 4 nitrogen and oxygen atoms in total. The van der Waals surface area contributed by atoms with Gasteiger partial charge in [-0.1, -0.05) is 6.07 Å². The minimum atomic E-state index is -0.533. The van der Waals surface area contributed by atoms with Gasteiger partial charge in [-0.15, -0.1) is 0 Å². The molecule has 2 rings (SSSR count). The quantitative estimate of drug-likeness (QED) is 0.773. The summed E-state index contributed by atoms with van der Waals surface area (Å²) in [7, 11) is 0. The van der Waals surface area contributed by atoms with Crippen LogP contribution in [0.4, 0.5) is 15.8 Å². The Morgan fingerprint density at radius 3 is 2.94 bits per heavy atom. The van der Waals surface area contributed by atoms with Crippen LogP contribution in [0, 0.1) is 5.82 Å². The zero-order valence-electron chi connectivity index (χ0n) is 9.41. The smallest absolute Gasteiger partial charge is 0.253 e. The Morgan fingerprint density at radius 1 is 1.47 bits per heavy atom. The number of carbonyl (C=O) groups excluding carboxylic acids is 1. The molecule has 1 heterocycles. The molecule has 0 spiro atoms. The van der Waals surface area contributed by atoms with Gasteiger partial charge in [-0.25, -0.2) is 4.39 Å². The minimum absolute atomic E-state index is 0.0340. The first-order valence-electron chi connectivity index (χ1n) is 5.65. The van der Waals surface area contributed by atoms with Crippen molar-refractivity contribution in [2.75, 3.05) is 17.7 Å². The summed E-state index contributed by atoms with van der Waals surface area (Å²) < 4.78 is 18.8. The Balaban J connectivity index is 2.07. The standard InChI is InChI=1S/C12H15FN2O2/c13-8-4-3-5-9(14)11(8)15-12(16)10-6-1-2-7-17-10/h3-5,10H,1-2,6-7,14H2,(H,15,16). The van der Waals surface area contributed by atoms with Crippen molar-refractivity contribution in [2.24, 2.45) is 0 Å². The zero-order valence-corrected chi connectivity index (χ0v) is 9.41. The van der Waals surface area contributed by atoms with E-state index in [-0.39, 0.29) is 17.3 Å². The van der Waals surface area contributed by atoms with Gasteiger partial charge in [0.1, 0.15) is 17.6 Å². The molecule has 17 heavy (non-hydrogen) atoms. The highest BCUT2D eigenvalue weighted by Gasteiger charge is 2.23. The van der Waals surface area contributed by atoms with E-state index in [1.54, 1.807) is 6.07 Å². The number of nitrogen functional groups attached to an aromatic ring is 1. The average molecular weight is 238 g/mol. The summed E-state index contributed by atoms with van der Waals surface area (Å²) in [5.41, 5.74) is 5.85. The van der Waals surface area contributed by atoms with Crippen LogP contribution in [0.2, 0.25) is 0 Å². The lowest BCUT2D eigenvalue weighted by atomic mass is 10.1. The third-order valence-corrected chi connectivity index (χ3v) is 2.77. The van der Waals surface area contributed by atoms with Gasteiger partial charge in [-0.3, -0.25) is 4.79 Å². The summed E-state index contributed by atoms with van der Waals surface area (Å²) in [5, 5.41) is 2.48. The van der Waals surface area contributed by atoms with Crippen molar-refractivity contribution in [2.45, 2.75) is 25.4 Å². The van der Waals surface area contributed by atoms with Gasteiger partial charge >= 0.3 is 0 Å². The van der Waals surface area contributed by atoms with Crippen LogP contribution in [0.3, 0.4) is 0 Å². The van der Waals surface area contributed by atoms with Crippen LogP contribution in [0.1, 0.15) is 19.3 Å². The topological polar surface area (TPSA) is 64.3 Å². The molecule has 1 aromatic carbocycles. The normalized spacial score (nSPS) is 19.9. The van der Waals surface area contributed by atoms with E-state index in [1.165, 1.54) is 12.1 Å². The lowest BCUT2D eigenvalue weighted by Crippen LogP contribution is -2.33. The average Bonchev–Trinajstić information content (AvgIpc) is 2.35. The molecule has 0 saturated carbocycles. The summed E-state index contributed by atoms with van der Waals surface area (Å²) in [5.74, 6) is -0.865. The van der Waals surface area contributed by atoms with Crippen LogP contribution in [-0.2, 0) is 9.53 Å². The highest BCUT2D eigenvalue weighted by Crippen LogP contribution is 2.23. The third-order valence-electron chi connectivity index (χ3n) is 2.77. The molecule has 5 heteroatoms. The van der Waals surface area contributed by atoms with Crippen molar-refractivity contribution in [1.82, 2.24) is 0 Å². The molecule has 0 aliphatic carbocycles. The number of carbonyl (C=O) groups is 1. The number of rotatable bonds is 2.